The molecule has 0 saturated carbocycles. The summed E-state index contributed by atoms with van der Waals surface area (Å²) < 4.78 is 14.2. The number of rotatable bonds is 4. The Morgan fingerprint density at radius 1 is 1.42 bits per heavy atom. The van der Waals surface area contributed by atoms with Crippen LogP contribution in [0.2, 0.25) is 0 Å². The molecule has 1 amide bonds. The van der Waals surface area contributed by atoms with Gasteiger partial charge in [0.1, 0.15) is 5.82 Å². The number of carbonyl (C=O) groups excluding carboxylic acids is 1. The first kappa shape index (κ1) is 13.2. The second-order valence-electron chi connectivity index (χ2n) is 4.31. The average molecular weight is 262 g/mol. The van der Waals surface area contributed by atoms with Crippen LogP contribution in [0.1, 0.15) is 30.8 Å². The summed E-state index contributed by atoms with van der Waals surface area (Å²) in [5.74, 6) is -0.582. The zero-order valence-electron chi connectivity index (χ0n) is 10.8. The van der Waals surface area contributed by atoms with E-state index in [9.17, 15) is 9.18 Å². The minimum absolute atomic E-state index is 0.0865. The van der Waals surface area contributed by atoms with E-state index in [1.165, 1.54) is 23.0 Å². The number of hydrogen-bond donors (Lipinski definition) is 1. The van der Waals surface area contributed by atoms with Gasteiger partial charge in [-0.1, -0.05) is 12.1 Å². The van der Waals surface area contributed by atoms with Gasteiger partial charge in [-0.15, -0.1) is 5.10 Å². The molecular weight excluding hydrogens is 247 g/mol. The minimum Gasteiger partial charge on any atom is -0.348 e. The van der Waals surface area contributed by atoms with Crippen molar-refractivity contribution < 1.29 is 9.18 Å². The second-order valence-corrected chi connectivity index (χ2v) is 4.31. The summed E-state index contributed by atoms with van der Waals surface area (Å²) in [7, 11) is 0. The summed E-state index contributed by atoms with van der Waals surface area (Å²) in [6, 6.07) is 5.88. The van der Waals surface area contributed by atoms with Crippen LogP contribution in [0.15, 0.2) is 30.5 Å². The molecular formula is C13H15FN4O. The third-order valence-corrected chi connectivity index (χ3v) is 2.81. The Bertz CT molecular complexity index is 564. The summed E-state index contributed by atoms with van der Waals surface area (Å²) in [6.45, 7) is 3.91. The second kappa shape index (κ2) is 5.60. The summed E-state index contributed by atoms with van der Waals surface area (Å²) in [5.41, 5.74) is 0.890. The first-order valence-electron chi connectivity index (χ1n) is 6.09. The molecule has 100 valence electrons. The van der Waals surface area contributed by atoms with Crippen LogP contribution >= 0.6 is 0 Å². The van der Waals surface area contributed by atoms with E-state index in [0.29, 0.717) is 5.69 Å². The van der Waals surface area contributed by atoms with Crippen LogP contribution in [-0.2, 0) is 0 Å². The molecule has 0 aliphatic rings. The fraction of sp³-hybridized carbons (Fsp3) is 0.308. The van der Waals surface area contributed by atoms with E-state index >= 15 is 0 Å². The SMILES string of the molecule is CCC(C)NC(=O)c1cn(-c2ccc(F)cc2)nn1. The Kier molecular flexibility index (Phi) is 3.89. The molecule has 0 bridgehead atoms. The summed E-state index contributed by atoms with van der Waals surface area (Å²) in [6.07, 6.45) is 2.36. The lowest BCUT2D eigenvalue weighted by atomic mass is 10.2. The standard InChI is InChI=1S/C13H15FN4O/c1-3-9(2)15-13(19)12-8-18(17-16-12)11-6-4-10(14)5-7-11/h4-9H,3H2,1-2H3,(H,15,19). The van der Waals surface area contributed by atoms with Crippen LogP contribution in [0, 0.1) is 5.82 Å². The lowest BCUT2D eigenvalue weighted by Gasteiger charge is -2.08. The van der Waals surface area contributed by atoms with Gasteiger partial charge in [-0.25, -0.2) is 9.07 Å². The Labute approximate surface area is 110 Å². The average Bonchev–Trinajstić information content (AvgIpc) is 2.89. The zero-order chi connectivity index (χ0) is 13.8. The van der Waals surface area contributed by atoms with Crippen molar-refractivity contribution in [3.8, 4) is 5.69 Å². The number of hydrogen-bond acceptors (Lipinski definition) is 3. The highest BCUT2D eigenvalue weighted by molar-refractivity contribution is 5.92. The molecule has 0 aliphatic heterocycles. The summed E-state index contributed by atoms with van der Waals surface area (Å²) in [4.78, 5) is 11.8. The molecule has 6 heteroatoms. The molecule has 1 unspecified atom stereocenters. The molecule has 5 nitrogen and oxygen atoms in total. The number of carbonyl (C=O) groups is 1. The van der Waals surface area contributed by atoms with Gasteiger partial charge in [-0.3, -0.25) is 4.79 Å². The maximum Gasteiger partial charge on any atom is 0.273 e. The van der Waals surface area contributed by atoms with E-state index in [0.717, 1.165) is 6.42 Å². The fourth-order valence-corrected chi connectivity index (χ4v) is 1.49. The van der Waals surface area contributed by atoms with E-state index in [1.54, 1.807) is 12.1 Å². The van der Waals surface area contributed by atoms with Crippen molar-refractivity contribution in [3.63, 3.8) is 0 Å². The fourth-order valence-electron chi connectivity index (χ4n) is 1.49. The molecule has 1 aromatic carbocycles. The van der Waals surface area contributed by atoms with E-state index in [4.69, 9.17) is 0 Å². The lowest BCUT2D eigenvalue weighted by Crippen LogP contribution is -2.32. The van der Waals surface area contributed by atoms with Gasteiger partial charge in [-0.2, -0.15) is 0 Å². The largest absolute Gasteiger partial charge is 0.348 e. The third-order valence-electron chi connectivity index (χ3n) is 2.81. The van der Waals surface area contributed by atoms with Gasteiger partial charge in [0, 0.05) is 6.04 Å². The van der Waals surface area contributed by atoms with Crippen molar-refractivity contribution in [1.82, 2.24) is 20.3 Å². The van der Waals surface area contributed by atoms with Gasteiger partial charge in [0.05, 0.1) is 11.9 Å². The number of nitrogens with zero attached hydrogens (tertiary/aromatic N) is 3. The van der Waals surface area contributed by atoms with E-state index in [1.807, 2.05) is 13.8 Å². The molecule has 1 heterocycles. The first-order chi connectivity index (χ1) is 9.10. The van der Waals surface area contributed by atoms with Gasteiger partial charge in [-0.05, 0) is 37.6 Å². The number of halogens is 1. The van der Waals surface area contributed by atoms with Gasteiger partial charge >= 0.3 is 0 Å². The Morgan fingerprint density at radius 3 is 2.74 bits per heavy atom. The highest BCUT2D eigenvalue weighted by Crippen LogP contribution is 2.08. The summed E-state index contributed by atoms with van der Waals surface area (Å²) in [5, 5.41) is 10.5. The Hall–Kier alpha value is -2.24. The van der Waals surface area contributed by atoms with E-state index < -0.39 is 0 Å². The van der Waals surface area contributed by atoms with Gasteiger partial charge in [0.25, 0.3) is 5.91 Å². The molecule has 1 N–H and O–H groups in total. The minimum atomic E-state index is -0.321. The highest BCUT2D eigenvalue weighted by Gasteiger charge is 2.13. The number of amides is 1. The maximum absolute atomic E-state index is 12.8. The number of aromatic nitrogens is 3. The van der Waals surface area contributed by atoms with Crippen LogP contribution in [0.4, 0.5) is 4.39 Å². The van der Waals surface area contributed by atoms with Crippen LogP contribution < -0.4 is 5.32 Å². The number of nitrogens with one attached hydrogen (secondary N) is 1. The predicted molar refractivity (Wildman–Crippen MR) is 68.5 cm³/mol. The number of benzene rings is 1. The van der Waals surface area contributed by atoms with Crippen molar-refractivity contribution in [3.05, 3.63) is 42.0 Å². The van der Waals surface area contributed by atoms with Crippen molar-refractivity contribution in [2.75, 3.05) is 0 Å². The molecule has 19 heavy (non-hydrogen) atoms. The van der Waals surface area contributed by atoms with Crippen molar-refractivity contribution in [2.24, 2.45) is 0 Å². The topological polar surface area (TPSA) is 59.8 Å². The van der Waals surface area contributed by atoms with Crippen LogP contribution in [0.25, 0.3) is 5.69 Å². The van der Waals surface area contributed by atoms with Crippen LogP contribution in [-0.4, -0.2) is 26.9 Å². The van der Waals surface area contributed by atoms with Gasteiger partial charge in [0.15, 0.2) is 5.69 Å². The van der Waals surface area contributed by atoms with Crippen molar-refractivity contribution in [2.45, 2.75) is 26.3 Å². The third kappa shape index (κ3) is 3.15. The maximum atomic E-state index is 12.8. The van der Waals surface area contributed by atoms with Crippen molar-refractivity contribution in [1.29, 1.82) is 0 Å². The van der Waals surface area contributed by atoms with Crippen LogP contribution in [0.5, 0.6) is 0 Å². The molecule has 0 aliphatic carbocycles. The molecule has 2 rings (SSSR count). The first-order valence-corrected chi connectivity index (χ1v) is 6.09. The zero-order valence-corrected chi connectivity index (χ0v) is 10.8. The Morgan fingerprint density at radius 2 is 2.11 bits per heavy atom. The molecule has 0 fully saturated rings. The molecule has 1 atom stereocenters. The molecule has 0 spiro atoms. The van der Waals surface area contributed by atoms with Crippen LogP contribution in [0.3, 0.4) is 0 Å². The molecule has 0 saturated heterocycles. The quantitative estimate of drug-likeness (QED) is 0.916. The smallest absolute Gasteiger partial charge is 0.273 e. The molecule has 0 radical (unpaired) electrons. The van der Waals surface area contributed by atoms with E-state index in [-0.39, 0.29) is 23.5 Å². The Balaban J connectivity index is 2.15. The van der Waals surface area contributed by atoms with Crippen molar-refractivity contribution >= 4 is 5.91 Å². The molecule has 2 aromatic rings. The van der Waals surface area contributed by atoms with Gasteiger partial charge < -0.3 is 5.32 Å². The van der Waals surface area contributed by atoms with E-state index in [2.05, 4.69) is 15.6 Å². The summed E-state index contributed by atoms with van der Waals surface area (Å²) >= 11 is 0. The molecule has 1 aromatic heterocycles. The normalized spacial score (nSPS) is 12.2. The predicted octanol–water partition coefficient (Wildman–Crippen LogP) is 1.93. The monoisotopic (exact) mass is 262 g/mol. The lowest BCUT2D eigenvalue weighted by molar-refractivity contribution is 0.0934. The van der Waals surface area contributed by atoms with Gasteiger partial charge in [0.2, 0.25) is 0 Å². The highest BCUT2D eigenvalue weighted by atomic mass is 19.1.